The van der Waals surface area contributed by atoms with E-state index in [0.717, 1.165) is 17.8 Å². The molecule has 0 saturated heterocycles. The highest BCUT2D eigenvalue weighted by Gasteiger charge is 2.54. The summed E-state index contributed by atoms with van der Waals surface area (Å²) in [5, 5.41) is 1.45. The highest BCUT2D eigenvalue weighted by Crippen LogP contribution is 2.63. The van der Waals surface area contributed by atoms with Crippen LogP contribution < -0.4 is 25.5 Å². The summed E-state index contributed by atoms with van der Waals surface area (Å²) in [6, 6.07) is 32.0. The largest absolute Gasteiger partial charge is 0.311 e. The van der Waals surface area contributed by atoms with Gasteiger partial charge in [0, 0.05) is 43.3 Å². The van der Waals surface area contributed by atoms with E-state index in [9.17, 15) is 0 Å². The number of anilines is 6. The Morgan fingerprint density at radius 3 is 1.55 bits per heavy atom. The van der Waals surface area contributed by atoms with Gasteiger partial charge in [-0.1, -0.05) is 128 Å². The van der Waals surface area contributed by atoms with E-state index in [1.165, 1.54) is 148 Å². The minimum Gasteiger partial charge on any atom is -0.311 e. The molecule has 4 fully saturated rings. The zero-order chi connectivity index (χ0) is 52.7. The fraction of sp³-hybridized carbons (Fsp3) is 0.549. The van der Waals surface area contributed by atoms with Crippen molar-refractivity contribution in [2.24, 2.45) is 17.8 Å². The van der Waals surface area contributed by atoms with Crippen molar-refractivity contribution in [3.05, 3.63) is 123 Å². The molecule has 0 unspecified atom stereocenters. The number of fused-ring (bicyclic) bond motifs is 9. The average molecular weight is 1010 g/mol. The van der Waals surface area contributed by atoms with Crippen molar-refractivity contribution < 1.29 is 0 Å². The molecule has 5 aromatic carbocycles. The van der Waals surface area contributed by atoms with Crippen LogP contribution in [0.5, 0.6) is 0 Å². The van der Waals surface area contributed by atoms with E-state index >= 15 is 0 Å². The molecule has 2 aliphatic heterocycles. The maximum Gasteiger partial charge on any atom is 0.264 e. The lowest BCUT2D eigenvalue weighted by atomic mass is 9.36. The summed E-state index contributed by atoms with van der Waals surface area (Å²) < 4.78 is 2.97. The van der Waals surface area contributed by atoms with E-state index in [-0.39, 0.29) is 50.0 Å². The Balaban J connectivity index is 1.13. The highest BCUT2D eigenvalue weighted by molar-refractivity contribution is 7.33. The van der Waals surface area contributed by atoms with Crippen molar-refractivity contribution in [1.82, 2.24) is 0 Å². The summed E-state index contributed by atoms with van der Waals surface area (Å²) in [6.45, 7) is 40.0. The summed E-state index contributed by atoms with van der Waals surface area (Å²) in [6.07, 6.45) is 15.7. The van der Waals surface area contributed by atoms with E-state index in [1.807, 2.05) is 0 Å². The number of nitrogens with zero attached hydrogens (tertiary/aromatic N) is 2. The van der Waals surface area contributed by atoms with Crippen molar-refractivity contribution in [1.29, 1.82) is 0 Å². The Hall–Kier alpha value is -4.28. The minimum absolute atomic E-state index is 0.0102. The fourth-order valence-electron chi connectivity index (χ4n) is 18.0. The molecule has 3 heterocycles. The Labute approximate surface area is 457 Å². The van der Waals surface area contributed by atoms with Gasteiger partial charge in [-0.05, 0) is 255 Å². The zero-order valence-electron chi connectivity index (χ0n) is 49.0. The standard InChI is InChI=1S/C71H87BN2S/c1-41-27-50-53(69(13,14)25-23-66(50,7)8)36-56(41)74-57-31-45(64(2,3)4)17-20-55(57)72-61-58(32-46(33-59(61)74)71-38-42-28-43(39-71)30-44(29-42)40-71)73(47-18-19-49-51(34-47)67(9,10)22-21-65(49,5)6)62-48-35-52-54(37-60(48)75-63(62)72)70(15,16)26-24-68(52,11)12/h17-20,27,31-37,42-44H,21-26,28-30,38-40H2,1-16H3. The molecule has 0 spiro atoms. The highest BCUT2D eigenvalue weighted by atomic mass is 32.1. The molecule has 0 N–H and O–H groups in total. The maximum absolute atomic E-state index is 2.89. The van der Waals surface area contributed by atoms with Crippen LogP contribution in [0.2, 0.25) is 0 Å². The van der Waals surface area contributed by atoms with E-state index in [1.54, 1.807) is 38.9 Å². The number of hydrogen-bond donors (Lipinski definition) is 0. The minimum atomic E-state index is -0.0102. The van der Waals surface area contributed by atoms with Gasteiger partial charge in [-0.3, -0.25) is 0 Å². The second-order valence-electron chi connectivity index (χ2n) is 31.7. The molecule has 15 rings (SSSR count). The summed E-state index contributed by atoms with van der Waals surface area (Å²) >= 11 is 2.12. The quantitative estimate of drug-likeness (QED) is 0.163. The molecular weight excluding hydrogens is 924 g/mol. The van der Waals surface area contributed by atoms with Gasteiger partial charge in [0.05, 0.1) is 5.69 Å². The van der Waals surface area contributed by atoms with Crippen LogP contribution in [0.15, 0.2) is 72.8 Å². The monoisotopic (exact) mass is 1010 g/mol. The van der Waals surface area contributed by atoms with Gasteiger partial charge in [0.1, 0.15) is 0 Å². The lowest BCUT2D eigenvalue weighted by molar-refractivity contribution is -0.00514. The van der Waals surface area contributed by atoms with Gasteiger partial charge < -0.3 is 9.80 Å². The third-order valence-corrected chi connectivity index (χ3v) is 23.9. The Morgan fingerprint density at radius 2 is 0.987 bits per heavy atom. The normalized spacial score (nSPS) is 27.3. The topological polar surface area (TPSA) is 6.48 Å². The molecule has 0 radical (unpaired) electrons. The maximum atomic E-state index is 2.89. The van der Waals surface area contributed by atoms with Crippen LogP contribution in [-0.4, -0.2) is 6.71 Å². The zero-order valence-corrected chi connectivity index (χ0v) is 49.8. The molecule has 75 heavy (non-hydrogen) atoms. The number of thiophene rings is 1. The molecule has 4 heteroatoms. The first kappa shape index (κ1) is 49.1. The van der Waals surface area contributed by atoms with Crippen LogP contribution >= 0.6 is 11.3 Å². The van der Waals surface area contributed by atoms with Gasteiger partial charge in [0.15, 0.2) is 0 Å². The van der Waals surface area contributed by atoms with Crippen molar-refractivity contribution in [3.63, 3.8) is 0 Å². The molecule has 1 aromatic heterocycles. The smallest absolute Gasteiger partial charge is 0.264 e. The molecule has 9 aliphatic rings. The van der Waals surface area contributed by atoms with Crippen molar-refractivity contribution >= 4 is 78.0 Å². The summed E-state index contributed by atoms with van der Waals surface area (Å²) in [7, 11) is 0. The van der Waals surface area contributed by atoms with Crippen molar-refractivity contribution in [3.8, 4) is 0 Å². The SMILES string of the molecule is Cc1cc2c(cc1N1c3cc(C(C)(C)C)ccc3B3c4sc5cc6c(cc5c4N(c4ccc5c(c4)C(C)(C)CCC5(C)C)c4cc(C57CC8CC(CC(C8)C5)C7)cc1c43)C(C)(C)CCC6(C)C)C(C)(C)CCC2(C)C. The Bertz CT molecular complexity index is 3420. The van der Waals surface area contributed by atoms with E-state index in [4.69, 9.17) is 0 Å². The number of benzene rings is 5. The second-order valence-corrected chi connectivity index (χ2v) is 32.8. The van der Waals surface area contributed by atoms with Gasteiger partial charge in [-0.2, -0.15) is 0 Å². The third-order valence-electron chi connectivity index (χ3n) is 22.7. The first-order valence-electron chi connectivity index (χ1n) is 29.9. The van der Waals surface area contributed by atoms with Gasteiger partial charge in [0.25, 0.3) is 6.71 Å². The predicted molar refractivity (Wildman–Crippen MR) is 325 cm³/mol. The first-order valence-corrected chi connectivity index (χ1v) is 30.7. The Morgan fingerprint density at radius 1 is 0.493 bits per heavy atom. The van der Waals surface area contributed by atoms with E-state index in [0.29, 0.717) is 0 Å². The van der Waals surface area contributed by atoms with Gasteiger partial charge in [-0.25, -0.2) is 0 Å². The van der Waals surface area contributed by atoms with E-state index in [2.05, 4.69) is 205 Å². The van der Waals surface area contributed by atoms with Crippen molar-refractivity contribution in [2.45, 2.75) is 231 Å². The molecule has 0 atom stereocenters. The lowest BCUT2D eigenvalue weighted by Gasteiger charge is -2.57. The molecule has 390 valence electrons. The Kier molecular flexibility index (Phi) is 10.0. The predicted octanol–water partition coefficient (Wildman–Crippen LogP) is 18.1. The lowest BCUT2D eigenvalue weighted by Crippen LogP contribution is -2.61. The van der Waals surface area contributed by atoms with Crippen LogP contribution in [0.4, 0.5) is 34.1 Å². The van der Waals surface area contributed by atoms with Crippen LogP contribution in [-0.2, 0) is 43.3 Å². The molecule has 4 bridgehead atoms. The summed E-state index contributed by atoms with van der Waals surface area (Å²) in [4.78, 5) is 5.74. The van der Waals surface area contributed by atoms with Crippen LogP contribution in [0, 0.1) is 24.7 Å². The van der Waals surface area contributed by atoms with Gasteiger partial charge in [-0.15, -0.1) is 11.3 Å². The van der Waals surface area contributed by atoms with Crippen LogP contribution in [0.25, 0.3) is 10.1 Å². The summed E-state index contributed by atoms with van der Waals surface area (Å²) in [5.41, 5.74) is 26.0. The van der Waals surface area contributed by atoms with Crippen molar-refractivity contribution in [2.75, 3.05) is 9.80 Å². The van der Waals surface area contributed by atoms with Gasteiger partial charge in [0.2, 0.25) is 0 Å². The molecule has 2 nitrogen and oxygen atoms in total. The van der Waals surface area contributed by atoms with E-state index < -0.39 is 0 Å². The second kappa shape index (κ2) is 15.3. The molecule has 0 amide bonds. The number of aryl methyl sites for hydroxylation is 1. The molecule has 7 aliphatic carbocycles. The van der Waals surface area contributed by atoms with Gasteiger partial charge >= 0.3 is 0 Å². The fourth-order valence-corrected chi connectivity index (χ4v) is 19.3. The molecule has 4 saturated carbocycles. The number of rotatable bonds is 3. The number of hydrogen-bond acceptors (Lipinski definition) is 3. The average Bonchev–Trinajstić information content (AvgIpc) is 3.77. The summed E-state index contributed by atoms with van der Waals surface area (Å²) in [5.74, 6) is 2.55. The molecule has 6 aromatic rings. The third kappa shape index (κ3) is 7.00. The van der Waals surface area contributed by atoms with Crippen LogP contribution in [0.1, 0.15) is 231 Å². The van der Waals surface area contributed by atoms with Crippen LogP contribution in [0.3, 0.4) is 0 Å². The first-order chi connectivity index (χ1) is 35.1. The molecular formula is C71H87BN2S.